The molecule has 5 heteroatoms. The highest BCUT2D eigenvalue weighted by molar-refractivity contribution is 7.15. The van der Waals surface area contributed by atoms with E-state index >= 15 is 0 Å². The van der Waals surface area contributed by atoms with Crippen molar-refractivity contribution < 1.29 is 9.53 Å². The normalized spacial score (nSPS) is 10.5. The first-order valence-corrected chi connectivity index (χ1v) is 7.06. The lowest BCUT2D eigenvalue weighted by Crippen LogP contribution is -2.06. The second-order valence-electron chi connectivity index (χ2n) is 4.03. The third-order valence-corrected chi connectivity index (χ3v) is 3.78. The van der Waals surface area contributed by atoms with E-state index in [1.807, 2.05) is 19.2 Å². The summed E-state index contributed by atoms with van der Waals surface area (Å²) in [5, 5.41) is 0.847. The van der Waals surface area contributed by atoms with Gasteiger partial charge in [-0.05, 0) is 31.9 Å². The first kappa shape index (κ1) is 13.7. The van der Waals surface area contributed by atoms with E-state index in [-0.39, 0.29) is 5.97 Å². The zero-order valence-corrected chi connectivity index (χ0v) is 12.1. The van der Waals surface area contributed by atoms with Crippen molar-refractivity contribution in [1.29, 1.82) is 0 Å². The van der Waals surface area contributed by atoms with Gasteiger partial charge in [0.05, 0.1) is 6.61 Å². The van der Waals surface area contributed by atoms with Gasteiger partial charge in [0, 0.05) is 22.8 Å². The molecule has 0 unspecified atom stereocenters. The Bertz CT molecular complexity index is 593. The average Bonchev–Trinajstić information content (AvgIpc) is 2.81. The number of pyridine rings is 1. The second-order valence-corrected chi connectivity index (χ2v) is 5.23. The number of aromatic nitrogens is 2. The highest BCUT2D eigenvalue weighted by Gasteiger charge is 2.18. The third-order valence-electron chi connectivity index (χ3n) is 2.78. The van der Waals surface area contributed by atoms with Crippen molar-refractivity contribution in [3.63, 3.8) is 0 Å². The molecular formula is C14H16N2O2S. The molecule has 0 aliphatic carbocycles. The first-order chi connectivity index (χ1) is 9.17. The predicted molar refractivity (Wildman–Crippen MR) is 75.4 cm³/mol. The van der Waals surface area contributed by atoms with E-state index in [1.165, 1.54) is 11.3 Å². The van der Waals surface area contributed by atoms with E-state index in [1.54, 1.807) is 13.1 Å². The lowest BCUT2D eigenvalue weighted by Gasteiger charge is -2.02. The minimum absolute atomic E-state index is 0.352. The zero-order chi connectivity index (χ0) is 13.8. The molecule has 0 amide bonds. The van der Waals surface area contributed by atoms with Gasteiger partial charge in [0.25, 0.3) is 0 Å². The highest BCUT2D eigenvalue weighted by Crippen LogP contribution is 2.30. The molecule has 2 aromatic rings. The summed E-state index contributed by atoms with van der Waals surface area (Å²) in [4.78, 5) is 21.2. The molecule has 0 radical (unpaired) electrons. The minimum Gasteiger partial charge on any atom is -0.461 e. The Labute approximate surface area is 116 Å². The number of hydrogen-bond donors (Lipinski definition) is 0. The fraction of sp³-hybridized carbons (Fsp3) is 0.357. The van der Waals surface area contributed by atoms with Gasteiger partial charge in [0.2, 0.25) is 0 Å². The maximum atomic E-state index is 11.8. The van der Waals surface area contributed by atoms with Gasteiger partial charge in [-0.3, -0.25) is 4.98 Å². The van der Waals surface area contributed by atoms with Crippen LogP contribution in [0.25, 0.3) is 10.6 Å². The van der Waals surface area contributed by atoms with Gasteiger partial charge in [-0.15, -0.1) is 11.3 Å². The third kappa shape index (κ3) is 2.81. The van der Waals surface area contributed by atoms with E-state index in [0.29, 0.717) is 12.3 Å². The number of thiazole rings is 1. The van der Waals surface area contributed by atoms with Crippen LogP contribution >= 0.6 is 11.3 Å². The lowest BCUT2D eigenvalue weighted by atomic mass is 10.1. The van der Waals surface area contributed by atoms with Gasteiger partial charge in [-0.1, -0.05) is 6.92 Å². The summed E-state index contributed by atoms with van der Waals surface area (Å²) in [6, 6.07) is 1.94. The number of carbonyl (C=O) groups excluding carboxylic acids is 1. The summed E-state index contributed by atoms with van der Waals surface area (Å²) in [6.45, 7) is 6.12. The second kappa shape index (κ2) is 5.93. The Morgan fingerprint density at radius 3 is 2.89 bits per heavy atom. The van der Waals surface area contributed by atoms with Gasteiger partial charge in [-0.2, -0.15) is 0 Å². The van der Waals surface area contributed by atoms with E-state index in [9.17, 15) is 4.79 Å². The summed E-state index contributed by atoms with van der Waals surface area (Å²) in [5.41, 5.74) is 2.59. The largest absolute Gasteiger partial charge is 0.461 e. The smallest absolute Gasteiger partial charge is 0.358 e. The molecular weight excluding hydrogens is 260 g/mol. The number of ether oxygens (including phenoxy) is 1. The van der Waals surface area contributed by atoms with Gasteiger partial charge in [-0.25, -0.2) is 9.78 Å². The van der Waals surface area contributed by atoms with Gasteiger partial charge >= 0.3 is 5.97 Å². The van der Waals surface area contributed by atoms with E-state index in [0.717, 1.165) is 27.4 Å². The van der Waals surface area contributed by atoms with Crippen molar-refractivity contribution in [1.82, 2.24) is 9.97 Å². The standard InChI is InChI=1S/C14H16N2O2S/c1-4-10-8-15-7-6-11(10)13-16-12(9(3)19-13)14(17)18-5-2/h6-8H,4-5H2,1-3H3. The van der Waals surface area contributed by atoms with Crippen LogP contribution in [0.5, 0.6) is 0 Å². The maximum Gasteiger partial charge on any atom is 0.358 e. The van der Waals surface area contributed by atoms with Crippen LogP contribution in [-0.2, 0) is 11.2 Å². The molecule has 0 aromatic carbocycles. The monoisotopic (exact) mass is 276 g/mol. The van der Waals surface area contributed by atoms with Gasteiger partial charge < -0.3 is 4.74 Å². The Morgan fingerprint density at radius 1 is 1.42 bits per heavy atom. The van der Waals surface area contributed by atoms with Crippen LogP contribution in [0.1, 0.15) is 34.8 Å². The van der Waals surface area contributed by atoms with E-state index in [2.05, 4.69) is 16.9 Å². The van der Waals surface area contributed by atoms with Crippen molar-refractivity contribution in [2.75, 3.05) is 6.61 Å². The van der Waals surface area contributed by atoms with E-state index in [4.69, 9.17) is 4.74 Å². The van der Waals surface area contributed by atoms with Crippen molar-refractivity contribution in [2.24, 2.45) is 0 Å². The first-order valence-electron chi connectivity index (χ1n) is 6.25. The van der Waals surface area contributed by atoms with Crippen molar-refractivity contribution >= 4 is 17.3 Å². The van der Waals surface area contributed by atoms with Crippen LogP contribution in [0.15, 0.2) is 18.5 Å². The number of aryl methyl sites for hydroxylation is 2. The molecule has 2 aromatic heterocycles. The molecule has 0 aliphatic heterocycles. The summed E-state index contributed by atoms with van der Waals surface area (Å²) < 4.78 is 5.01. The summed E-state index contributed by atoms with van der Waals surface area (Å²) in [5.74, 6) is -0.352. The SMILES string of the molecule is CCOC(=O)c1nc(-c2ccncc2CC)sc1C. The summed E-state index contributed by atoms with van der Waals surface area (Å²) in [6.07, 6.45) is 4.47. The molecule has 100 valence electrons. The molecule has 0 saturated heterocycles. The molecule has 0 aliphatic rings. The van der Waals surface area contributed by atoms with Gasteiger partial charge in [0.15, 0.2) is 5.69 Å². The molecule has 2 heterocycles. The Kier molecular flexibility index (Phi) is 4.27. The van der Waals surface area contributed by atoms with Crippen LogP contribution < -0.4 is 0 Å². The van der Waals surface area contributed by atoms with Crippen LogP contribution in [0.2, 0.25) is 0 Å². The Hall–Kier alpha value is -1.75. The van der Waals surface area contributed by atoms with Crippen LogP contribution in [-0.4, -0.2) is 22.5 Å². The molecule has 0 N–H and O–H groups in total. The van der Waals surface area contributed by atoms with Crippen molar-refractivity contribution in [3.05, 3.63) is 34.6 Å². The fourth-order valence-corrected chi connectivity index (χ4v) is 2.78. The molecule has 0 saturated carbocycles. The Balaban J connectivity index is 2.42. The fourth-order valence-electron chi connectivity index (χ4n) is 1.82. The quantitative estimate of drug-likeness (QED) is 0.804. The molecule has 0 fully saturated rings. The van der Waals surface area contributed by atoms with Gasteiger partial charge in [0.1, 0.15) is 5.01 Å². The number of rotatable bonds is 4. The van der Waals surface area contributed by atoms with Crippen LogP contribution in [0, 0.1) is 6.92 Å². The molecule has 19 heavy (non-hydrogen) atoms. The van der Waals surface area contributed by atoms with Crippen LogP contribution in [0.3, 0.4) is 0 Å². The predicted octanol–water partition coefficient (Wildman–Crippen LogP) is 3.25. The van der Waals surface area contributed by atoms with Crippen molar-refractivity contribution in [2.45, 2.75) is 27.2 Å². The van der Waals surface area contributed by atoms with Crippen molar-refractivity contribution in [3.8, 4) is 10.6 Å². The molecule has 0 atom stereocenters. The average molecular weight is 276 g/mol. The zero-order valence-electron chi connectivity index (χ0n) is 11.3. The maximum absolute atomic E-state index is 11.8. The molecule has 0 bridgehead atoms. The number of esters is 1. The molecule has 4 nitrogen and oxygen atoms in total. The Morgan fingerprint density at radius 2 is 2.21 bits per heavy atom. The summed E-state index contributed by atoms with van der Waals surface area (Å²) in [7, 11) is 0. The number of hydrogen-bond acceptors (Lipinski definition) is 5. The lowest BCUT2D eigenvalue weighted by molar-refractivity contribution is 0.0519. The minimum atomic E-state index is -0.352. The van der Waals surface area contributed by atoms with Crippen LogP contribution in [0.4, 0.5) is 0 Å². The molecule has 2 rings (SSSR count). The van der Waals surface area contributed by atoms with E-state index < -0.39 is 0 Å². The topological polar surface area (TPSA) is 52.1 Å². The highest BCUT2D eigenvalue weighted by atomic mass is 32.1. The number of nitrogens with zero attached hydrogens (tertiary/aromatic N) is 2. The number of carbonyl (C=O) groups is 1. The molecule has 0 spiro atoms. The summed E-state index contributed by atoms with van der Waals surface area (Å²) >= 11 is 1.51.